The number of piperazine rings is 1. The maximum Gasteiger partial charge on any atom is 0.151 e. The van der Waals surface area contributed by atoms with Crippen LogP contribution in [0, 0.1) is 0 Å². The van der Waals surface area contributed by atoms with Crippen LogP contribution in [-0.4, -0.2) is 41.4 Å². The molecule has 98 valence electrons. The second kappa shape index (κ2) is 5.09. The highest BCUT2D eigenvalue weighted by Crippen LogP contribution is 2.16. The minimum atomic E-state index is 0.455. The Balaban J connectivity index is 1.65. The molecule has 1 aliphatic rings. The van der Waals surface area contributed by atoms with Gasteiger partial charge in [0.15, 0.2) is 5.82 Å². The number of nitrogen functional groups attached to an aromatic ring is 1. The van der Waals surface area contributed by atoms with E-state index in [9.17, 15) is 0 Å². The highest BCUT2D eigenvalue weighted by Gasteiger charge is 2.18. The van der Waals surface area contributed by atoms with E-state index in [0.29, 0.717) is 5.82 Å². The minimum absolute atomic E-state index is 0.455. The summed E-state index contributed by atoms with van der Waals surface area (Å²) in [5.41, 5.74) is 5.55. The molecule has 0 spiro atoms. The van der Waals surface area contributed by atoms with Gasteiger partial charge < -0.3 is 15.5 Å². The zero-order valence-electron chi connectivity index (χ0n) is 10.6. The molecule has 0 aromatic carbocycles. The molecule has 1 aliphatic heterocycles. The first-order valence-corrected chi connectivity index (χ1v) is 6.33. The Morgan fingerprint density at radius 1 is 0.842 bits per heavy atom. The molecule has 1 fully saturated rings. The van der Waals surface area contributed by atoms with E-state index < -0.39 is 0 Å². The summed E-state index contributed by atoms with van der Waals surface area (Å²) in [5, 5.41) is 8.01. The fraction of sp³-hybridized carbons (Fsp3) is 0.308. The van der Waals surface area contributed by atoms with Gasteiger partial charge in [-0.25, -0.2) is 4.98 Å². The molecule has 3 rings (SSSR count). The van der Waals surface area contributed by atoms with Gasteiger partial charge in [0.2, 0.25) is 0 Å². The number of nitrogens with zero attached hydrogens (tertiary/aromatic N) is 5. The molecule has 3 heterocycles. The van der Waals surface area contributed by atoms with Crippen LogP contribution >= 0.6 is 0 Å². The summed E-state index contributed by atoms with van der Waals surface area (Å²) in [4.78, 5) is 8.87. The number of aromatic nitrogens is 3. The van der Waals surface area contributed by atoms with Gasteiger partial charge in [-0.15, -0.1) is 10.2 Å². The average molecular weight is 256 g/mol. The van der Waals surface area contributed by atoms with Gasteiger partial charge in [-0.05, 0) is 24.3 Å². The van der Waals surface area contributed by atoms with Gasteiger partial charge in [0.05, 0.1) is 0 Å². The summed E-state index contributed by atoms with van der Waals surface area (Å²) in [6.45, 7) is 3.69. The molecule has 6 heteroatoms. The number of rotatable bonds is 2. The summed E-state index contributed by atoms with van der Waals surface area (Å²) in [6.07, 6.45) is 1.83. The number of pyridine rings is 1. The quantitative estimate of drug-likeness (QED) is 0.856. The van der Waals surface area contributed by atoms with E-state index in [1.54, 1.807) is 6.07 Å². The zero-order valence-corrected chi connectivity index (χ0v) is 10.6. The molecule has 0 atom stereocenters. The van der Waals surface area contributed by atoms with Crippen molar-refractivity contribution in [3.8, 4) is 0 Å². The van der Waals surface area contributed by atoms with Crippen molar-refractivity contribution in [2.24, 2.45) is 0 Å². The predicted molar refractivity (Wildman–Crippen MR) is 75.1 cm³/mol. The van der Waals surface area contributed by atoms with Crippen molar-refractivity contribution in [3.05, 3.63) is 36.5 Å². The Hall–Kier alpha value is -2.37. The lowest BCUT2D eigenvalue weighted by molar-refractivity contribution is 0.638. The van der Waals surface area contributed by atoms with E-state index >= 15 is 0 Å². The van der Waals surface area contributed by atoms with Gasteiger partial charge in [-0.2, -0.15) is 0 Å². The van der Waals surface area contributed by atoms with Crippen molar-refractivity contribution < 1.29 is 0 Å². The van der Waals surface area contributed by atoms with Crippen LogP contribution in [0.1, 0.15) is 0 Å². The van der Waals surface area contributed by atoms with Gasteiger partial charge in [-0.3, -0.25) is 0 Å². The Labute approximate surface area is 111 Å². The first-order valence-electron chi connectivity index (χ1n) is 6.33. The maximum atomic E-state index is 5.55. The average Bonchev–Trinajstić information content (AvgIpc) is 2.49. The molecule has 19 heavy (non-hydrogen) atoms. The van der Waals surface area contributed by atoms with Gasteiger partial charge in [0, 0.05) is 32.4 Å². The van der Waals surface area contributed by atoms with E-state index in [2.05, 4.69) is 25.0 Å². The van der Waals surface area contributed by atoms with Crippen LogP contribution < -0.4 is 15.5 Å². The molecule has 6 nitrogen and oxygen atoms in total. The molecular weight excluding hydrogens is 240 g/mol. The number of hydrogen-bond donors (Lipinski definition) is 1. The van der Waals surface area contributed by atoms with Crippen molar-refractivity contribution >= 4 is 17.5 Å². The van der Waals surface area contributed by atoms with Crippen molar-refractivity contribution in [3.63, 3.8) is 0 Å². The smallest absolute Gasteiger partial charge is 0.151 e. The number of nitrogens with two attached hydrogens (primary N) is 1. The monoisotopic (exact) mass is 256 g/mol. The predicted octanol–water partition coefficient (Wildman–Crippen LogP) is 0.780. The van der Waals surface area contributed by atoms with Crippen molar-refractivity contribution in [2.45, 2.75) is 0 Å². The van der Waals surface area contributed by atoms with Gasteiger partial charge in [0.1, 0.15) is 11.6 Å². The highest BCUT2D eigenvalue weighted by molar-refractivity contribution is 5.45. The van der Waals surface area contributed by atoms with Gasteiger partial charge in [-0.1, -0.05) is 6.07 Å². The normalized spacial score (nSPS) is 15.6. The summed E-state index contributed by atoms with van der Waals surface area (Å²) in [7, 11) is 0. The molecule has 2 aromatic heterocycles. The molecule has 0 saturated carbocycles. The lowest BCUT2D eigenvalue weighted by atomic mass is 10.3. The van der Waals surface area contributed by atoms with E-state index in [1.165, 1.54) is 0 Å². The molecular formula is C13H16N6. The molecule has 0 amide bonds. The molecule has 2 aromatic rings. The molecule has 0 unspecified atom stereocenters. The second-order valence-corrected chi connectivity index (χ2v) is 4.48. The van der Waals surface area contributed by atoms with E-state index in [1.807, 2.05) is 30.5 Å². The summed E-state index contributed by atoms with van der Waals surface area (Å²) in [6, 6.07) is 9.69. The number of anilines is 3. The Morgan fingerprint density at radius 3 is 2.16 bits per heavy atom. The summed E-state index contributed by atoms with van der Waals surface area (Å²) in [5.74, 6) is 2.37. The largest absolute Gasteiger partial charge is 0.382 e. The fourth-order valence-electron chi connectivity index (χ4n) is 2.21. The Kier molecular flexibility index (Phi) is 3.14. The molecule has 2 N–H and O–H groups in total. The van der Waals surface area contributed by atoms with Crippen LogP contribution in [0.3, 0.4) is 0 Å². The third-order valence-corrected chi connectivity index (χ3v) is 3.25. The van der Waals surface area contributed by atoms with Crippen molar-refractivity contribution in [1.29, 1.82) is 0 Å². The first kappa shape index (κ1) is 11.7. The number of hydrogen-bond acceptors (Lipinski definition) is 6. The van der Waals surface area contributed by atoms with Crippen LogP contribution in [0.5, 0.6) is 0 Å². The molecule has 0 radical (unpaired) electrons. The molecule has 0 aliphatic carbocycles. The molecule has 1 saturated heterocycles. The molecule has 0 bridgehead atoms. The Bertz CT molecular complexity index is 519. The van der Waals surface area contributed by atoms with Crippen LogP contribution in [0.15, 0.2) is 36.5 Å². The topological polar surface area (TPSA) is 71.2 Å². The van der Waals surface area contributed by atoms with Crippen molar-refractivity contribution in [1.82, 2.24) is 15.2 Å². The van der Waals surface area contributed by atoms with Crippen LogP contribution in [0.4, 0.5) is 17.5 Å². The third kappa shape index (κ3) is 2.57. The second-order valence-electron chi connectivity index (χ2n) is 4.48. The van der Waals surface area contributed by atoms with E-state index in [-0.39, 0.29) is 0 Å². The van der Waals surface area contributed by atoms with Crippen LogP contribution in [0.2, 0.25) is 0 Å². The van der Waals surface area contributed by atoms with Crippen LogP contribution in [-0.2, 0) is 0 Å². The van der Waals surface area contributed by atoms with E-state index in [4.69, 9.17) is 5.73 Å². The minimum Gasteiger partial charge on any atom is -0.382 e. The lowest BCUT2D eigenvalue weighted by Crippen LogP contribution is -2.47. The fourth-order valence-corrected chi connectivity index (χ4v) is 2.21. The van der Waals surface area contributed by atoms with E-state index in [0.717, 1.165) is 37.8 Å². The Morgan fingerprint density at radius 2 is 1.58 bits per heavy atom. The maximum absolute atomic E-state index is 5.55. The third-order valence-electron chi connectivity index (χ3n) is 3.25. The van der Waals surface area contributed by atoms with Gasteiger partial charge >= 0.3 is 0 Å². The standard InChI is InChI=1S/C13H16N6/c14-11-4-5-13(17-16-11)19-9-7-18(8-10-19)12-3-1-2-6-15-12/h1-6H,7-10H2,(H2,14,16). The summed E-state index contributed by atoms with van der Waals surface area (Å²) < 4.78 is 0. The highest BCUT2D eigenvalue weighted by atomic mass is 15.3. The SMILES string of the molecule is Nc1ccc(N2CCN(c3ccccn3)CC2)nn1. The summed E-state index contributed by atoms with van der Waals surface area (Å²) >= 11 is 0. The van der Waals surface area contributed by atoms with Crippen molar-refractivity contribution in [2.75, 3.05) is 41.7 Å². The lowest BCUT2D eigenvalue weighted by Gasteiger charge is -2.35. The van der Waals surface area contributed by atoms with Crippen LogP contribution in [0.25, 0.3) is 0 Å². The zero-order chi connectivity index (χ0) is 13.1. The first-order chi connectivity index (χ1) is 9.33. The van der Waals surface area contributed by atoms with Gasteiger partial charge in [0.25, 0.3) is 0 Å².